The lowest BCUT2D eigenvalue weighted by molar-refractivity contribution is -0.384. The van der Waals surface area contributed by atoms with Gasteiger partial charge in [0.05, 0.1) is 16.8 Å². The summed E-state index contributed by atoms with van der Waals surface area (Å²) in [4.78, 5) is 15.1. The van der Waals surface area contributed by atoms with Crippen LogP contribution in [0.3, 0.4) is 0 Å². The van der Waals surface area contributed by atoms with E-state index in [-0.39, 0.29) is 11.4 Å². The minimum absolute atomic E-state index is 0.0643. The Morgan fingerprint density at radius 1 is 1.20 bits per heavy atom. The molecule has 3 rings (SSSR count). The summed E-state index contributed by atoms with van der Waals surface area (Å²) in [7, 11) is 0. The van der Waals surface area contributed by atoms with Crippen LogP contribution in [0, 0.1) is 16.0 Å². The van der Waals surface area contributed by atoms with Crippen molar-refractivity contribution in [3.63, 3.8) is 0 Å². The molecule has 2 aromatic carbocycles. The van der Waals surface area contributed by atoms with E-state index >= 15 is 0 Å². The van der Waals surface area contributed by atoms with Crippen molar-refractivity contribution in [3.05, 3.63) is 64.8 Å². The van der Waals surface area contributed by atoms with E-state index in [1.807, 2.05) is 0 Å². The highest BCUT2D eigenvalue weighted by Gasteiger charge is 2.31. The molecule has 0 aliphatic rings. The van der Waals surface area contributed by atoms with Gasteiger partial charge in [-0.25, -0.2) is 4.98 Å². The van der Waals surface area contributed by atoms with Gasteiger partial charge in [0.25, 0.3) is 5.69 Å². The highest BCUT2D eigenvalue weighted by atomic mass is 32.2. The maximum atomic E-state index is 12.4. The number of hydrogen-bond donors (Lipinski definition) is 0. The quantitative estimate of drug-likeness (QED) is 0.254. The third-order valence-electron chi connectivity index (χ3n) is 3.96. The van der Waals surface area contributed by atoms with Gasteiger partial charge in [0.1, 0.15) is 5.75 Å². The zero-order valence-electron chi connectivity index (χ0n) is 16.1. The predicted molar refractivity (Wildman–Crippen MR) is 108 cm³/mol. The molecule has 0 saturated heterocycles. The van der Waals surface area contributed by atoms with Crippen LogP contribution in [0.2, 0.25) is 0 Å². The Kier molecular flexibility index (Phi) is 6.35. The number of alkyl halides is 3. The summed E-state index contributed by atoms with van der Waals surface area (Å²) < 4.78 is 43.0. The Balaban J connectivity index is 2.05. The highest BCUT2D eigenvalue weighted by molar-refractivity contribution is 7.99. The molecule has 0 aliphatic heterocycles. The molecule has 6 nitrogen and oxygen atoms in total. The highest BCUT2D eigenvalue weighted by Crippen LogP contribution is 2.33. The minimum atomic E-state index is -4.77. The van der Waals surface area contributed by atoms with Gasteiger partial charge in [0.15, 0.2) is 5.16 Å². The number of imidazole rings is 1. The van der Waals surface area contributed by atoms with Gasteiger partial charge in [-0.2, -0.15) is 0 Å². The van der Waals surface area contributed by atoms with Crippen LogP contribution in [0.5, 0.6) is 5.75 Å². The van der Waals surface area contributed by atoms with Gasteiger partial charge in [0.2, 0.25) is 0 Å². The molecule has 0 N–H and O–H groups in total. The van der Waals surface area contributed by atoms with Crippen LogP contribution in [0.15, 0.2) is 59.9 Å². The Bertz CT molecular complexity index is 1030. The fourth-order valence-electron chi connectivity index (χ4n) is 2.71. The summed E-state index contributed by atoms with van der Waals surface area (Å²) in [6, 6.07) is 11.5. The first-order valence-electron chi connectivity index (χ1n) is 8.95. The molecule has 3 aromatic rings. The van der Waals surface area contributed by atoms with Crippen LogP contribution in [0.4, 0.5) is 18.9 Å². The zero-order valence-corrected chi connectivity index (χ0v) is 16.9. The molecular weight excluding hydrogens is 419 g/mol. The first-order valence-corrected chi connectivity index (χ1v) is 9.94. The minimum Gasteiger partial charge on any atom is -0.406 e. The first kappa shape index (κ1) is 21.7. The fourth-order valence-corrected chi connectivity index (χ4v) is 3.65. The van der Waals surface area contributed by atoms with Gasteiger partial charge in [-0.05, 0) is 30.2 Å². The Morgan fingerprint density at radius 2 is 1.90 bits per heavy atom. The Hall–Kier alpha value is -3.01. The summed E-state index contributed by atoms with van der Waals surface area (Å²) in [5.41, 5.74) is 1.67. The number of ether oxygens (including phenoxy) is 1. The number of hydrogen-bond acceptors (Lipinski definition) is 5. The van der Waals surface area contributed by atoms with E-state index in [0.717, 1.165) is 5.75 Å². The van der Waals surface area contributed by atoms with Crippen molar-refractivity contribution >= 4 is 17.4 Å². The van der Waals surface area contributed by atoms with Gasteiger partial charge < -0.3 is 4.74 Å². The molecule has 158 valence electrons. The second-order valence-electron chi connectivity index (χ2n) is 6.82. The molecule has 0 spiro atoms. The molecular formula is C20H18F3N3O3S. The standard InChI is InChI=1S/C20H18F3N3O3S/c1-13(2)12-30-19-24-11-18(14-4-3-5-16(10-14)26(27)28)25(19)15-6-8-17(9-7-15)29-20(21,22)23/h3-11,13H,12H2,1-2H3. The van der Waals surface area contributed by atoms with E-state index in [1.54, 1.807) is 22.9 Å². The van der Waals surface area contributed by atoms with Gasteiger partial charge in [-0.1, -0.05) is 37.7 Å². The van der Waals surface area contributed by atoms with Crippen molar-refractivity contribution in [2.75, 3.05) is 5.75 Å². The first-order chi connectivity index (χ1) is 14.1. The van der Waals surface area contributed by atoms with Crippen molar-refractivity contribution < 1.29 is 22.8 Å². The number of nitro benzene ring substituents is 1. The monoisotopic (exact) mass is 437 g/mol. The van der Waals surface area contributed by atoms with Crippen LogP contribution in [-0.4, -0.2) is 26.6 Å². The van der Waals surface area contributed by atoms with Gasteiger partial charge >= 0.3 is 6.36 Å². The second-order valence-corrected chi connectivity index (χ2v) is 7.80. The molecule has 0 unspecified atom stereocenters. The molecule has 30 heavy (non-hydrogen) atoms. The number of non-ortho nitro benzene ring substituents is 1. The van der Waals surface area contributed by atoms with Crippen LogP contribution < -0.4 is 4.74 Å². The van der Waals surface area contributed by atoms with Crippen molar-refractivity contribution in [3.8, 4) is 22.7 Å². The van der Waals surface area contributed by atoms with Crippen molar-refractivity contribution in [1.82, 2.24) is 9.55 Å². The smallest absolute Gasteiger partial charge is 0.406 e. The average molecular weight is 437 g/mol. The molecule has 0 radical (unpaired) electrons. The maximum Gasteiger partial charge on any atom is 0.573 e. The fraction of sp³-hybridized carbons (Fsp3) is 0.250. The van der Waals surface area contributed by atoms with E-state index < -0.39 is 11.3 Å². The van der Waals surface area contributed by atoms with E-state index in [9.17, 15) is 23.3 Å². The summed E-state index contributed by atoms with van der Waals surface area (Å²) in [5.74, 6) is 0.837. The van der Waals surface area contributed by atoms with Gasteiger partial charge in [0, 0.05) is 29.1 Å². The second kappa shape index (κ2) is 8.78. The molecule has 0 bridgehead atoms. The summed E-state index contributed by atoms with van der Waals surface area (Å²) >= 11 is 1.50. The van der Waals surface area contributed by atoms with Crippen LogP contribution in [-0.2, 0) is 0 Å². The van der Waals surface area contributed by atoms with E-state index in [1.165, 1.54) is 48.2 Å². The zero-order chi connectivity index (χ0) is 21.9. The van der Waals surface area contributed by atoms with E-state index in [2.05, 4.69) is 23.6 Å². The SMILES string of the molecule is CC(C)CSc1ncc(-c2cccc([N+](=O)[O-])c2)n1-c1ccc(OC(F)(F)F)cc1. The Morgan fingerprint density at radius 3 is 2.50 bits per heavy atom. The summed E-state index contributed by atoms with van der Waals surface area (Å²) in [5, 5.41) is 11.8. The van der Waals surface area contributed by atoms with Crippen molar-refractivity contribution in [1.29, 1.82) is 0 Å². The summed E-state index contributed by atoms with van der Waals surface area (Å²) in [6.45, 7) is 4.12. The lowest BCUT2D eigenvalue weighted by atomic mass is 10.1. The molecule has 0 saturated carbocycles. The normalized spacial score (nSPS) is 11.7. The Labute approximate surface area is 174 Å². The number of benzene rings is 2. The number of nitro groups is 1. The predicted octanol–water partition coefficient (Wildman–Crippen LogP) is 6.09. The molecule has 0 fully saturated rings. The maximum absolute atomic E-state index is 12.4. The number of aromatic nitrogens is 2. The molecule has 1 aromatic heterocycles. The molecule has 1 heterocycles. The topological polar surface area (TPSA) is 70.2 Å². The largest absolute Gasteiger partial charge is 0.573 e. The van der Waals surface area contributed by atoms with E-state index in [0.29, 0.717) is 28.0 Å². The molecule has 0 amide bonds. The number of nitrogens with zero attached hydrogens (tertiary/aromatic N) is 3. The number of thioether (sulfide) groups is 1. The van der Waals surface area contributed by atoms with Gasteiger partial charge in [-0.3, -0.25) is 14.7 Å². The van der Waals surface area contributed by atoms with Crippen molar-refractivity contribution in [2.45, 2.75) is 25.4 Å². The van der Waals surface area contributed by atoms with Crippen molar-refractivity contribution in [2.24, 2.45) is 5.92 Å². The van der Waals surface area contributed by atoms with Crippen LogP contribution in [0.25, 0.3) is 16.9 Å². The van der Waals surface area contributed by atoms with E-state index in [4.69, 9.17) is 0 Å². The van der Waals surface area contributed by atoms with Crippen LogP contribution >= 0.6 is 11.8 Å². The lowest BCUT2D eigenvalue weighted by Gasteiger charge is -2.14. The molecule has 10 heteroatoms. The molecule has 0 aliphatic carbocycles. The van der Waals surface area contributed by atoms with Gasteiger partial charge in [-0.15, -0.1) is 13.2 Å². The lowest BCUT2D eigenvalue weighted by Crippen LogP contribution is -2.17. The number of halogens is 3. The van der Waals surface area contributed by atoms with Crippen LogP contribution in [0.1, 0.15) is 13.8 Å². The summed E-state index contributed by atoms with van der Waals surface area (Å²) in [6.07, 6.45) is -3.18. The average Bonchev–Trinajstić information content (AvgIpc) is 3.10. The third-order valence-corrected chi connectivity index (χ3v) is 5.34. The third kappa shape index (κ3) is 5.32. The number of rotatable bonds is 7. The molecule has 0 atom stereocenters.